The van der Waals surface area contributed by atoms with Gasteiger partial charge in [-0.3, -0.25) is 14.5 Å². The van der Waals surface area contributed by atoms with Crippen LogP contribution in [-0.2, 0) is 16.1 Å². The molecule has 1 spiro atoms. The van der Waals surface area contributed by atoms with Crippen LogP contribution in [0.3, 0.4) is 0 Å². The Kier molecular flexibility index (Phi) is 6.78. The van der Waals surface area contributed by atoms with E-state index >= 15 is 0 Å². The lowest BCUT2D eigenvalue weighted by molar-refractivity contribution is -0.135. The third-order valence-electron chi connectivity index (χ3n) is 7.33. The summed E-state index contributed by atoms with van der Waals surface area (Å²) >= 11 is 5.79. The molecule has 6 nitrogen and oxygen atoms in total. The predicted octanol–water partition coefficient (Wildman–Crippen LogP) is 3.28. The van der Waals surface area contributed by atoms with Crippen LogP contribution in [-0.4, -0.2) is 77.4 Å². The first-order valence-electron chi connectivity index (χ1n) is 11.9. The summed E-state index contributed by atoms with van der Waals surface area (Å²) in [5, 5.41) is 3.41. The van der Waals surface area contributed by atoms with Crippen molar-refractivity contribution in [1.29, 1.82) is 0 Å². The Morgan fingerprint density at radius 2 is 1.94 bits per heavy atom. The Morgan fingerprint density at radius 3 is 2.58 bits per heavy atom. The summed E-state index contributed by atoms with van der Waals surface area (Å²) in [5.74, 6) is -0.338. The van der Waals surface area contributed by atoms with Crippen molar-refractivity contribution in [3.63, 3.8) is 0 Å². The lowest BCUT2D eigenvalue weighted by atomic mass is 9.84. The molecular formula is C25H36ClFN4O2. The SMILES string of the molecule is CN(CC(C)(C)C)[C@H]1C[C@H]2C(=O)NC3(CCN(Cc4ccc(Cl)c(F)c4)CC3)CC(=O)N2C1. The molecule has 8 heteroatoms. The van der Waals surface area contributed by atoms with Gasteiger partial charge in [0.15, 0.2) is 0 Å². The summed E-state index contributed by atoms with van der Waals surface area (Å²) in [7, 11) is 2.09. The summed E-state index contributed by atoms with van der Waals surface area (Å²) < 4.78 is 13.8. The number of benzene rings is 1. The summed E-state index contributed by atoms with van der Waals surface area (Å²) in [4.78, 5) is 32.8. The molecule has 0 radical (unpaired) electrons. The summed E-state index contributed by atoms with van der Waals surface area (Å²) in [6.45, 7) is 10.3. The highest BCUT2D eigenvalue weighted by atomic mass is 35.5. The molecule has 182 valence electrons. The van der Waals surface area contributed by atoms with Crippen LogP contribution in [0.15, 0.2) is 18.2 Å². The smallest absolute Gasteiger partial charge is 0.243 e. The number of likely N-dealkylation sites (tertiary alicyclic amines) is 1. The molecule has 0 bridgehead atoms. The highest BCUT2D eigenvalue weighted by Gasteiger charge is 2.49. The van der Waals surface area contributed by atoms with Crippen molar-refractivity contribution in [3.05, 3.63) is 34.6 Å². The maximum absolute atomic E-state index is 13.8. The highest BCUT2D eigenvalue weighted by Crippen LogP contribution is 2.34. The number of carbonyl (C=O) groups excluding carboxylic acids is 2. The van der Waals surface area contributed by atoms with E-state index in [1.165, 1.54) is 6.07 Å². The number of nitrogens with one attached hydrogen (secondary N) is 1. The molecule has 3 aliphatic rings. The molecule has 1 aromatic rings. The highest BCUT2D eigenvalue weighted by molar-refractivity contribution is 6.30. The van der Waals surface area contributed by atoms with Gasteiger partial charge in [-0.15, -0.1) is 0 Å². The summed E-state index contributed by atoms with van der Waals surface area (Å²) in [5.41, 5.74) is 0.559. The first-order chi connectivity index (χ1) is 15.4. The average molecular weight is 479 g/mol. The number of rotatable bonds is 4. The van der Waals surface area contributed by atoms with Crippen LogP contribution >= 0.6 is 11.6 Å². The first kappa shape index (κ1) is 24.4. The molecule has 2 amide bonds. The second kappa shape index (κ2) is 9.16. The number of piperidine rings is 1. The van der Waals surface area contributed by atoms with Crippen LogP contribution in [0, 0.1) is 11.2 Å². The van der Waals surface area contributed by atoms with Gasteiger partial charge in [0.25, 0.3) is 0 Å². The van der Waals surface area contributed by atoms with Crippen molar-refractivity contribution < 1.29 is 14.0 Å². The molecule has 3 heterocycles. The number of likely N-dealkylation sites (N-methyl/N-ethyl adjacent to an activating group) is 1. The number of carbonyl (C=O) groups is 2. The maximum atomic E-state index is 13.8. The Morgan fingerprint density at radius 1 is 1.24 bits per heavy atom. The van der Waals surface area contributed by atoms with E-state index in [1.54, 1.807) is 6.07 Å². The number of hydrogen-bond donors (Lipinski definition) is 1. The predicted molar refractivity (Wildman–Crippen MR) is 127 cm³/mol. The van der Waals surface area contributed by atoms with Crippen LogP contribution in [0.4, 0.5) is 4.39 Å². The van der Waals surface area contributed by atoms with Gasteiger partial charge in [-0.2, -0.15) is 0 Å². The van der Waals surface area contributed by atoms with Gasteiger partial charge in [0.1, 0.15) is 11.9 Å². The fourth-order valence-electron chi connectivity index (χ4n) is 5.65. The van der Waals surface area contributed by atoms with Gasteiger partial charge in [0.05, 0.1) is 17.0 Å². The van der Waals surface area contributed by atoms with Crippen LogP contribution < -0.4 is 5.32 Å². The van der Waals surface area contributed by atoms with Gasteiger partial charge in [-0.1, -0.05) is 38.4 Å². The van der Waals surface area contributed by atoms with Crippen LogP contribution in [0.2, 0.25) is 5.02 Å². The van der Waals surface area contributed by atoms with Gasteiger partial charge < -0.3 is 15.1 Å². The van der Waals surface area contributed by atoms with Crippen molar-refractivity contribution in [2.24, 2.45) is 5.41 Å². The molecule has 0 unspecified atom stereocenters. The number of halogens is 2. The van der Waals surface area contributed by atoms with Gasteiger partial charge in [-0.25, -0.2) is 4.39 Å². The minimum atomic E-state index is -0.479. The minimum absolute atomic E-state index is 0.0132. The van der Waals surface area contributed by atoms with Crippen molar-refractivity contribution in [1.82, 2.24) is 20.0 Å². The van der Waals surface area contributed by atoms with Gasteiger partial charge in [0, 0.05) is 38.8 Å². The van der Waals surface area contributed by atoms with Gasteiger partial charge in [-0.05, 0) is 49.4 Å². The van der Waals surface area contributed by atoms with E-state index in [-0.39, 0.29) is 34.3 Å². The monoisotopic (exact) mass is 478 g/mol. The standard InChI is InChI=1S/C25H36ClFN4O2/c1-24(2,3)16-29(4)18-12-21-23(33)28-25(13-22(32)31(21)15-18)7-9-30(10-8-25)14-17-5-6-19(26)20(27)11-17/h5-6,11,18,21H,7-10,12-16H2,1-4H3,(H,28,33)/t18-,21-/m0/s1. The van der Waals surface area contributed by atoms with Crippen molar-refractivity contribution in [2.75, 3.05) is 33.2 Å². The Labute approximate surface area is 201 Å². The van der Waals surface area contributed by atoms with E-state index < -0.39 is 11.4 Å². The Balaban J connectivity index is 1.37. The zero-order valence-corrected chi connectivity index (χ0v) is 20.9. The fourth-order valence-corrected chi connectivity index (χ4v) is 5.77. The van der Waals surface area contributed by atoms with Crippen molar-refractivity contribution >= 4 is 23.4 Å². The van der Waals surface area contributed by atoms with Crippen LogP contribution in [0.25, 0.3) is 0 Å². The molecule has 3 aliphatic heterocycles. The Hall–Kier alpha value is -1.70. The molecule has 3 fully saturated rings. The largest absolute Gasteiger partial charge is 0.348 e. The summed E-state index contributed by atoms with van der Waals surface area (Å²) in [6.07, 6.45) is 2.48. The second-order valence-electron chi connectivity index (χ2n) is 11.4. The molecule has 1 aromatic carbocycles. The molecule has 0 aliphatic carbocycles. The number of fused-ring (bicyclic) bond motifs is 1. The van der Waals surface area contributed by atoms with E-state index in [1.807, 2.05) is 11.0 Å². The van der Waals surface area contributed by atoms with E-state index in [4.69, 9.17) is 11.6 Å². The normalized spacial score (nSPS) is 26.0. The average Bonchev–Trinajstić information content (AvgIpc) is 3.14. The third-order valence-corrected chi connectivity index (χ3v) is 7.64. The van der Waals surface area contributed by atoms with Crippen molar-refractivity contribution in [3.8, 4) is 0 Å². The van der Waals surface area contributed by atoms with Crippen LogP contribution in [0.5, 0.6) is 0 Å². The lowest BCUT2D eigenvalue weighted by Crippen LogP contribution is -2.56. The van der Waals surface area contributed by atoms with Gasteiger partial charge >= 0.3 is 0 Å². The molecule has 3 saturated heterocycles. The van der Waals surface area contributed by atoms with E-state index in [0.717, 1.165) is 25.2 Å². The Bertz CT molecular complexity index is 882. The molecule has 0 aromatic heterocycles. The molecule has 2 atom stereocenters. The zero-order chi connectivity index (χ0) is 24.0. The number of amides is 2. The number of hydrogen-bond acceptors (Lipinski definition) is 4. The van der Waals surface area contributed by atoms with E-state index in [2.05, 4.69) is 42.9 Å². The lowest BCUT2D eigenvalue weighted by Gasteiger charge is -2.41. The minimum Gasteiger partial charge on any atom is -0.348 e. The van der Waals surface area contributed by atoms with Gasteiger partial charge in [0.2, 0.25) is 11.8 Å². The number of nitrogens with zero attached hydrogens (tertiary/aromatic N) is 3. The molecular weight excluding hydrogens is 443 g/mol. The molecule has 1 N–H and O–H groups in total. The maximum Gasteiger partial charge on any atom is 0.243 e. The topological polar surface area (TPSA) is 55.9 Å². The fraction of sp³-hybridized carbons (Fsp3) is 0.680. The molecule has 33 heavy (non-hydrogen) atoms. The van der Waals surface area contributed by atoms with Crippen molar-refractivity contribution in [2.45, 2.75) is 70.6 Å². The second-order valence-corrected chi connectivity index (χ2v) is 11.8. The quantitative estimate of drug-likeness (QED) is 0.721. The molecule has 4 rings (SSSR count). The van der Waals surface area contributed by atoms with Crippen LogP contribution in [0.1, 0.15) is 52.0 Å². The summed E-state index contributed by atoms with van der Waals surface area (Å²) in [6, 6.07) is 4.74. The van der Waals surface area contributed by atoms with E-state index in [0.29, 0.717) is 38.8 Å². The van der Waals surface area contributed by atoms with E-state index in [9.17, 15) is 14.0 Å². The first-order valence-corrected chi connectivity index (χ1v) is 12.3. The third kappa shape index (κ3) is 5.52. The zero-order valence-electron chi connectivity index (χ0n) is 20.2. The molecule has 0 saturated carbocycles.